The van der Waals surface area contributed by atoms with Gasteiger partial charge < -0.3 is 10.1 Å². The van der Waals surface area contributed by atoms with Gasteiger partial charge in [0.25, 0.3) is 5.91 Å². The minimum Gasteiger partial charge on any atom is -0.494 e. The number of carbonyl (C=O) groups excluding carboxylic acids is 1. The molecule has 128 valence electrons. The Morgan fingerprint density at radius 1 is 1.00 bits per heavy atom. The molecule has 25 heavy (non-hydrogen) atoms. The van der Waals surface area contributed by atoms with E-state index in [2.05, 4.69) is 19.2 Å². The fraction of sp³-hybridized carbons (Fsp3) is 0.227. The molecule has 3 nitrogen and oxygen atoms in total. The van der Waals surface area contributed by atoms with Crippen LogP contribution in [0.15, 0.2) is 66.7 Å². The average molecular weight is 333 g/mol. The second-order valence-corrected chi connectivity index (χ2v) is 6.54. The molecule has 3 heteroatoms. The molecular weight excluding hydrogens is 310 g/mol. The Labute approximate surface area is 148 Å². The van der Waals surface area contributed by atoms with Gasteiger partial charge in [0.05, 0.1) is 6.61 Å². The van der Waals surface area contributed by atoms with E-state index in [9.17, 15) is 4.79 Å². The van der Waals surface area contributed by atoms with Crippen molar-refractivity contribution in [3.8, 4) is 5.75 Å². The van der Waals surface area contributed by atoms with E-state index >= 15 is 0 Å². The van der Waals surface area contributed by atoms with Crippen molar-refractivity contribution < 1.29 is 9.53 Å². The van der Waals surface area contributed by atoms with Gasteiger partial charge in [-0.2, -0.15) is 0 Å². The van der Waals surface area contributed by atoms with Crippen molar-refractivity contribution in [1.29, 1.82) is 0 Å². The van der Waals surface area contributed by atoms with Crippen LogP contribution in [0.3, 0.4) is 0 Å². The number of anilines is 1. The molecular formula is C22H23NO2. The fourth-order valence-electron chi connectivity index (χ4n) is 2.67. The topological polar surface area (TPSA) is 38.3 Å². The molecule has 0 fully saturated rings. The molecule has 1 N–H and O–H groups in total. The Balaban J connectivity index is 1.74. The van der Waals surface area contributed by atoms with Crippen LogP contribution < -0.4 is 10.1 Å². The molecule has 0 radical (unpaired) electrons. The summed E-state index contributed by atoms with van der Waals surface area (Å²) in [6.45, 7) is 4.99. The summed E-state index contributed by atoms with van der Waals surface area (Å²) in [6.07, 6.45) is 0.992. The van der Waals surface area contributed by atoms with Crippen molar-refractivity contribution in [2.45, 2.75) is 20.3 Å². The molecule has 1 amide bonds. The molecule has 0 unspecified atom stereocenters. The maximum atomic E-state index is 12.6. The van der Waals surface area contributed by atoms with Crippen molar-refractivity contribution in [3.05, 3.63) is 72.3 Å². The van der Waals surface area contributed by atoms with Crippen LogP contribution in [0.1, 0.15) is 30.6 Å². The molecule has 0 spiro atoms. The molecule has 0 heterocycles. The zero-order valence-corrected chi connectivity index (χ0v) is 14.7. The molecule has 0 saturated carbocycles. The van der Waals surface area contributed by atoms with Gasteiger partial charge in [-0.1, -0.05) is 56.3 Å². The van der Waals surface area contributed by atoms with Gasteiger partial charge in [-0.15, -0.1) is 0 Å². The van der Waals surface area contributed by atoms with Crippen LogP contribution in [0.2, 0.25) is 0 Å². The number of nitrogens with one attached hydrogen (secondary N) is 1. The van der Waals surface area contributed by atoms with E-state index in [-0.39, 0.29) is 5.91 Å². The normalized spacial score (nSPS) is 10.8. The Morgan fingerprint density at radius 2 is 1.76 bits per heavy atom. The third-order valence-electron chi connectivity index (χ3n) is 4.10. The van der Waals surface area contributed by atoms with Crippen molar-refractivity contribution in [3.63, 3.8) is 0 Å². The first-order valence-corrected chi connectivity index (χ1v) is 8.65. The SMILES string of the molecule is CC(C)CCOc1cccc(C(=O)Nc2cccc3ccccc23)c1. The van der Waals surface area contributed by atoms with Gasteiger partial charge in [0, 0.05) is 16.6 Å². The van der Waals surface area contributed by atoms with E-state index in [0.29, 0.717) is 18.1 Å². The van der Waals surface area contributed by atoms with E-state index in [4.69, 9.17) is 4.74 Å². The summed E-state index contributed by atoms with van der Waals surface area (Å²) < 4.78 is 5.75. The van der Waals surface area contributed by atoms with Gasteiger partial charge in [0.15, 0.2) is 0 Å². The van der Waals surface area contributed by atoms with Crippen molar-refractivity contribution in [1.82, 2.24) is 0 Å². The lowest BCUT2D eigenvalue weighted by Crippen LogP contribution is -2.12. The van der Waals surface area contributed by atoms with E-state index < -0.39 is 0 Å². The predicted octanol–water partition coefficient (Wildman–Crippen LogP) is 5.52. The van der Waals surface area contributed by atoms with Crippen LogP contribution in [0, 0.1) is 5.92 Å². The van der Waals surface area contributed by atoms with E-state index in [1.54, 1.807) is 12.1 Å². The summed E-state index contributed by atoms with van der Waals surface area (Å²) in [5, 5.41) is 5.14. The molecule has 0 atom stereocenters. The third kappa shape index (κ3) is 4.38. The van der Waals surface area contributed by atoms with Gasteiger partial charge in [-0.3, -0.25) is 4.79 Å². The lowest BCUT2D eigenvalue weighted by atomic mass is 10.1. The maximum absolute atomic E-state index is 12.6. The zero-order chi connectivity index (χ0) is 17.6. The highest BCUT2D eigenvalue weighted by Gasteiger charge is 2.09. The van der Waals surface area contributed by atoms with Gasteiger partial charge >= 0.3 is 0 Å². The van der Waals surface area contributed by atoms with Crippen molar-refractivity contribution in [2.75, 3.05) is 11.9 Å². The molecule has 0 aromatic heterocycles. The van der Waals surface area contributed by atoms with Gasteiger partial charge in [-0.25, -0.2) is 0 Å². The highest BCUT2D eigenvalue weighted by Crippen LogP contribution is 2.24. The average Bonchev–Trinajstić information content (AvgIpc) is 2.62. The first-order valence-electron chi connectivity index (χ1n) is 8.65. The van der Waals surface area contributed by atoms with Crippen LogP contribution >= 0.6 is 0 Å². The fourth-order valence-corrected chi connectivity index (χ4v) is 2.67. The van der Waals surface area contributed by atoms with Crippen molar-refractivity contribution in [2.24, 2.45) is 5.92 Å². The lowest BCUT2D eigenvalue weighted by Gasteiger charge is -2.11. The molecule has 3 aromatic rings. The lowest BCUT2D eigenvalue weighted by molar-refractivity contribution is 0.102. The number of fused-ring (bicyclic) bond motifs is 1. The number of hydrogen-bond donors (Lipinski definition) is 1. The van der Waals surface area contributed by atoms with Crippen LogP contribution in [0.4, 0.5) is 5.69 Å². The smallest absolute Gasteiger partial charge is 0.255 e. The van der Waals surface area contributed by atoms with E-state index in [1.165, 1.54) is 0 Å². The van der Waals surface area contributed by atoms with Gasteiger partial charge in [0.2, 0.25) is 0 Å². The van der Waals surface area contributed by atoms with Gasteiger partial charge in [-0.05, 0) is 42.0 Å². The van der Waals surface area contributed by atoms with Crippen LogP contribution in [-0.2, 0) is 0 Å². The number of carbonyl (C=O) groups is 1. The zero-order valence-electron chi connectivity index (χ0n) is 14.7. The van der Waals surface area contributed by atoms with E-state index in [0.717, 1.165) is 28.6 Å². The molecule has 0 saturated heterocycles. The minimum atomic E-state index is -0.134. The van der Waals surface area contributed by atoms with Crippen LogP contribution in [0.5, 0.6) is 5.75 Å². The molecule has 0 aliphatic rings. The maximum Gasteiger partial charge on any atom is 0.255 e. The predicted molar refractivity (Wildman–Crippen MR) is 103 cm³/mol. The summed E-state index contributed by atoms with van der Waals surface area (Å²) in [5.74, 6) is 1.19. The molecule has 3 aromatic carbocycles. The first-order chi connectivity index (χ1) is 12.1. The summed E-state index contributed by atoms with van der Waals surface area (Å²) in [7, 11) is 0. The Morgan fingerprint density at radius 3 is 2.60 bits per heavy atom. The summed E-state index contributed by atoms with van der Waals surface area (Å²) in [5.41, 5.74) is 1.41. The Hall–Kier alpha value is -2.81. The van der Waals surface area contributed by atoms with Crippen LogP contribution in [-0.4, -0.2) is 12.5 Å². The second kappa shape index (κ2) is 7.84. The van der Waals surface area contributed by atoms with E-state index in [1.807, 2.05) is 54.6 Å². The number of ether oxygens (including phenoxy) is 1. The number of hydrogen-bond acceptors (Lipinski definition) is 2. The Bertz CT molecular complexity index is 865. The summed E-state index contributed by atoms with van der Waals surface area (Å²) >= 11 is 0. The number of amides is 1. The molecule has 0 aliphatic carbocycles. The highest BCUT2D eigenvalue weighted by atomic mass is 16.5. The molecule has 0 aliphatic heterocycles. The Kier molecular flexibility index (Phi) is 5.34. The van der Waals surface area contributed by atoms with Crippen LogP contribution in [0.25, 0.3) is 10.8 Å². The monoisotopic (exact) mass is 333 g/mol. The number of benzene rings is 3. The quantitative estimate of drug-likeness (QED) is 0.645. The van der Waals surface area contributed by atoms with Crippen molar-refractivity contribution >= 4 is 22.4 Å². The largest absolute Gasteiger partial charge is 0.494 e. The van der Waals surface area contributed by atoms with Gasteiger partial charge in [0.1, 0.15) is 5.75 Å². The summed E-state index contributed by atoms with van der Waals surface area (Å²) in [6, 6.07) is 21.2. The number of rotatable bonds is 6. The first kappa shape index (κ1) is 17.0. The minimum absolute atomic E-state index is 0.134. The standard InChI is InChI=1S/C22H23NO2/c1-16(2)13-14-25-19-10-5-9-18(15-19)22(24)23-21-12-6-8-17-7-3-4-11-20(17)21/h3-12,15-16H,13-14H2,1-2H3,(H,23,24). The molecule has 0 bridgehead atoms. The third-order valence-corrected chi connectivity index (χ3v) is 4.10. The second-order valence-electron chi connectivity index (χ2n) is 6.54. The highest BCUT2D eigenvalue weighted by molar-refractivity contribution is 6.09. The summed E-state index contributed by atoms with van der Waals surface area (Å²) in [4.78, 5) is 12.6. The molecule has 3 rings (SSSR count).